The van der Waals surface area contributed by atoms with Gasteiger partial charge in [-0.1, -0.05) is 19.1 Å². The van der Waals surface area contributed by atoms with E-state index in [0.29, 0.717) is 16.6 Å². The minimum Gasteiger partial charge on any atom is -0.444 e. The summed E-state index contributed by atoms with van der Waals surface area (Å²) in [4.78, 5) is 26.7. The molecule has 154 valence electrons. The van der Waals surface area contributed by atoms with Crippen molar-refractivity contribution in [2.75, 3.05) is 19.8 Å². The van der Waals surface area contributed by atoms with Gasteiger partial charge in [-0.15, -0.1) is 0 Å². The van der Waals surface area contributed by atoms with Crippen molar-refractivity contribution in [3.8, 4) is 0 Å². The fraction of sp³-hybridized carbons (Fsp3) is 0.600. The number of hydrogen-bond acceptors (Lipinski definition) is 4. The molecule has 2 amide bonds. The highest BCUT2D eigenvalue weighted by molar-refractivity contribution is 9.10. The van der Waals surface area contributed by atoms with Crippen LogP contribution in [0.25, 0.3) is 0 Å². The Labute approximate surface area is 172 Å². The predicted molar refractivity (Wildman–Crippen MR) is 105 cm³/mol. The van der Waals surface area contributed by atoms with Crippen molar-refractivity contribution in [3.05, 3.63) is 34.1 Å². The lowest BCUT2D eigenvalue weighted by Gasteiger charge is -2.43. The van der Waals surface area contributed by atoms with E-state index >= 15 is 0 Å². The third-order valence-corrected chi connectivity index (χ3v) is 5.95. The average molecular weight is 457 g/mol. The molecule has 2 saturated heterocycles. The van der Waals surface area contributed by atoms with E-state index in [2.05, 4.69) is 21.2 Å². The van der Waals surface area contributed by atoms with Gasteiger partial charge in [0.15, 0.2) is 0 Å². The Balaban J connectivity index is 1.99. The van der Waals surface area contributed by atoms with Crippen molar-refractivity contribution in [2.45, 2.75) is 51.3 Å². The van der Waals surface area contributed by atoms with E-state index in [1.165, 1.54) is 0 Å². The van der Waals surface area contributed by atoms with Gasteiger partial charge in [0.25, 0.3) is 0 Å². The molecule has 1 spiro atoms. The van der Waals surface area contributed by atoms with E-state index in [4.69, 9.17) is 9.47 Å². The number of halogens is 2. The number of hydrogen-bond donors (Lipinski definition) is 1. The molecule has 2 aliphatic heterocycles. The highest BCUT2D eigenvalue weighted by Gasteiger charge is 2.57. The molecule has 1 aromatic rings. The zero-order valence-corrected chi connectivity index (χ0v) is 18.1. The van der Waals surface area contributed by atoms with Crippen molar-refractivity contribution in [2.24, 2.45) is 5.92 Å². The molecule has 1 N–H and O–H groups in total. The molecule has 0 saturated carbocycles. The number of nitrogens with zero attached hydrogens (tertiary/aromatic N) is 1. The SMILES string of the molecule is CC1CN(C(=O)OC(C)(C)C)[C@@H](Cc2cccc(Br)c2F)[C@]12COCC(=O)N2. The van der Waals surface area contributed by atoms with E-state index in [0.717, 1.165) is 0 Å². The number of carbonyl (C=O) groups is 2. The van der Waals surface area contributed by atoms with Gasteiger partial charge in [0.2, 0.25) is 5.91 Å². The maximum Gasteiger partial charge on any atom is 0.410 e. The van der Waals surface area contributed by atoms with Crippen LogP contribution in [-0.2, 0) is 20.7 Å². The van der Waals surface area contributed by atoms with Crippen LogP contribution in [0.5, 0.6) is 0 Å². The van der Waals surface area contributed by atoms with Crippen LogP contribution in [0.1, 0.15) is 33.3 Å². The summed E-state index contributed by atoms with van der Waals surface area (Å²) < 4.78 is 26.2. The second-order valence-electron chi connectivity index (χ2n) is 8.55. The van der Waals surface area contributed by atoms with Gasteiger partial charge in [-0.25, -0.2) is 9.18 Å². The summed E-state index contributed by atoms with van der Waals surface area (Å²) in [5.74, 6) is -0.683. The van der Waals surface area contributed by atoms with Gasteiger partial charge in [-0.2, -0.15) is 0 Å². The molecule has 0 aromatic heterocycles. The first kappa shape index (κ1) is 21.0. The van der Waals surface area contributed by atoms with Crippen LogP contribution < -0.4 is 5.32 Å². The molecule has 1 unspecified atom stereocenters. The number of rotatable bonds is 2. The molecule has 0 radical (unpaired) electrons. The molecular formula is C20H26BrFN2O4. The molecular weight excluding hydrogens is 431 g/mol. The van der Waals surface area contributed by atoms with Crippen molar-refractivity contribution in [1.29, 1.82) is 0 Å². The third kappa shape index (κ3) is 4.03. The minimum absolute atomic E-state index is 0.0150. The summed E-state index contributed by atoms with van der Waals surface area (Å²) in [5, 5.41) is 3.05. The third-order valence-electron chi connectivity index (χ3n) is 5.34. The summed E-state index contributed by atoms with van der Waals surface area (Å²) in [6.07, 6.45) is -0.241. The first-order valence-corrected chi connectivity index (χ1v) is 10.1. The summed E-state index contributed by atoms with van der Waals surface area (Å²) in [6, 6.07) is 4.57. The lowest BCUT2D eigenvalue weighted by Crippen LogP contribution is -2.66. The van der Waals surface area contributed by atoms with E-state index in [9.17, 15) is 14.0 Å². The Morgan fingerprint density at radius 3 is 2.82 bits per heavy atom. The Kier molecular flexibility index (Phi) is 5.74. The van der Waals surface area contributed by atoms with E-state index < -0.39 is 23.3 Å². The van der Waals surface area contributed by atoms with E-state index in [1.807, 2.05) is 6.92 Å². The van der Waals surface area contributed by atoms with Crippen molar-refractivity contribution in [1.82, 2.24) is 10.2 Å². The molecule has 2 fully saturated rings. The number of nitrogens with one attached hydrogen (secondary N) is 1. The summed E-state index contributed by atoms with van der Waals surface area (Å²) in [5.41, 5.74) is -0.990. The molecule has 0 aliphatic carbocycles. The quantitative estimate of drug-likeness (QED) is 0.741. The zero-order chi connectivity index (χ0) is 20.7. The highest BCUT2D eigenvalue weighted by Crippen LogP contribution is 2.39. The smallest absolute Gasteiger partial charge is 0.410 e. The Morgan fingerprint density at radius 1 is 1.46 bits per heavy atom. The summed E-state index contributed by atoms with van der Waals surface area (Å²) >= 11 is 3.21. The Morgan fingerprint density at radius 2 is 2.18 bits per heavy atom. The fourth-order valence-corrected chi connectivity index (χ4v) is 4.42. The van der Waals surface area contributed by atoms with Crippen molar-refractivity contribution < 1.29 is 23.5 Å². The van der Waals surface area contributed by atoms with Gasteiger partial charge in [0.05, 0.1) is 22.7 Å². The molecule has 28 heavy (non-hydrogen) atoms. The van der Waals surface area contributed by atoms with Crippen LogP contribution in [0.3, 0.4) is 0 Å². The van der Waals surface area contributed by atoms with Crippen molar-refractivity contribution >= 4 is 27.9 Å². The number of morpholine rings is 1. The first-order valence-electron chi connectivity index (χ1n) is 9.35. The monoisotopic (exact) mass is 456 g/mol. The van der Waals surface area contributed by atoms with Gasteiger partial charge in [-0.05, 0) is 54.8 Å². The van der Waals surface area contributed by atoms with Gasteiger partial charge < -0.3 is 19.7 Å². The van der Waals surface area contributed by atoms with Crippen molar-refractivity contribution in [3.63, 3.8) is 0 Å². The number of benzene rings is 1. The topological polar surface area (TPSA) is 67.9 Å². The molecule has 0 bridgehead atoms. The Bertz CT molecular complexity index is 782. The summed E-state index contributed by atoms with van der Waals surface area (Å²) in [7, 11) is 0. The normalized spacial score (nSPS) is 27.8. The molecule has 2 aliphatic rings. The highest BCUT2D eigenvalue weighted by atomic mass is 79.9. The molecule has 6 nitrogen and oxygen atoms in total. The lowest BCUT2D eigenvalue weighted by atomic mass is 9.80. The van der Waals surface area contributed by atoms with Crippen LogP contribution >= 0.6 is 15.9 Å². The van der Waals surface area contributed by atoms with Gasteiger partial charge in [-0.3, -0.25) is 4.79 Å². The van der Waals surface area contributed by atoms with Gasteiger partial charge >= 0.3 is 6.09 Å². The van der Waals surface area contributed by atoms with Crippen LogP contribution in [-0.4, -0.2) is 53.8 Å². The maximum absolute atomic E-state index is 14.7. The molecule has 1 aromatic carbocycles. The van der Waals surface area contributed by atoms with Crippen LogP contribution in [0.15, 0.2) is 22.7 Å². The van der Waals surface area contributed by atoms with Crippen LogP contribution in [0, 0.1) is 11.7 Å². The largest absolute Gasteiger partial charge is 0.444 e. The van der Waals surface area contributed by atoms with Crippen LogP contribution in [0.4, 0.5) is 9.18 Å². The average Bonchev–Trinajstić information content (AvgIpc) is 2.83. The van der Waals surface area contributed by atoms with E-state index in [-0.39, 0.29) is 37.3 Å². The Hall–Kier alpha value is -1.67. The number of ether oxygens (including phenoxy) is 2. The predicted octanol–water partition coefficient (Wildman–Crippen LogP) is 3.27. The fourth-order valence-electron chi connectivity index (χ4n) is 4.01. The second kappa shape index (κ2) is 7.63. The molecule has 3 atom stereocenters. The molecule has 8 heteroatoms. The number of carbonyl (C=O) groups excluding carboxylic acids is 2. The number of amides is 2. The standard InChI is InChI=1S/C20H26BrFN2O4/c1-12-9-24(18(26)28-19(2,3)4)15(20(12)11-27-10-16(25)23-20)8-13-6-5-7-14(21)17(13)22/h5-7,12,15H,8-11H2,1-4H3,(H,23,25)/t12?,15-,20-/m0/s1. The lowest BCUT2D eigenvalue weighted by molar-refractivity contribution is -0.137. The maximum atomic E-state index is 14.7. The molecule has 2 heterocycles. The zero-order valence-electron chi connectivity index (χ0n) is 16.6. The number of likely N-dealkylation sites (tertiary alicyclic amines) is 1. The molecule has 3 rings (SSSR count). The minimum atomic E-state index is -0.791. The first-order chi connectivity index (χ1) is 13.0. The second-order valence-corrected chi connectivity index (χ2v) is 9.40. The van der Waals surface area contributed by atoms with Gasteiger partial charge in [0, 0.05) is 12.5 Å². The van der Waals surface area contributed by atoms with E-state index in [1.54, 1.807) is 43.9 Å². The van der Waals surface area contributed by atoms with Gasteiger partial charge in [0.1, 0.15) is 18.0 Å². The summed E-state index contributed by atoms with van der Waals surface area (Å²) in [6.45, 7) is 8.00. The van der Waals surface area contributed by atoms with Crippen LogP contribution in [0.2, 0.25) is 0 Å².